The number of ketones is 6. The summed E-state index contributed by atoms with van der Waals surface area (Å²) in [6, 6.07) is 0. The molecule has 3 fully saturated rings. The van der Waals surface area contributed by atoms with E-state index in [2.05, 4.69) is 0 Å². The molecule has 0 heterocycles. The average Bonchev–Trinajstić information content (AvgIpc) is 2.67. The maximum Gasteiger partial charge on any atom is 0.145 e. The molecule has 0 N–H and O–H groups in total. The molecule has 0 aliphatic heterocycles. The highest BCUT2D eigenvalue weighted by molar-refractivity contribution is 6.42. The van der Waals surface area contributed by atoms with Gasteiger partial charge < -0.3 is 0 Å². The smallest absolute Gasteiger partial charge is 0.145 e. The van der Waals surface area contributed by atoms with Crippen LogP contribution in [0.4, 0.5) is 0 Å². The molecule has 3 aliphatic rings. The van der Waals surface area contributed by atoms with Crippen LogP contribution in [0.15, 0.2) is 0 Å². The van der Waals surface area contributed by atoms with Crippen molar-refractivity contribution >= 4 is 44.9 Å². The van der Waals surface area contributed by atoms with Gasteiger partial charge in [-0.05, 0) is 40.0 Å². The molecule has 0 aromatic rings. The summed E-state index contributed by atoms with van der Waals surface area (Å²) in [6.07, 6.45) is 5.31. The van der Waals surface area contributed by atoms with Gasteiger partial charge in [0.15, 0.2) is 0 Å². The van der Waals surface area contributed by atoms with E-state index >= 15 is 0 Å². The quantitative estimate of drug-likeness (QED) is 0.437. The van der Waals surface area contributed by atoms with Crippen LogP contribution in [0.1, 0.15) is 79.1 Å². The van der Waals surface area contributed by atoms with E-state index in [1.807, 2.05) is 6.92 Å². The van der Waals surface area contributed by atoms with Gasteiger partial charge in [-0.1, -0.05) is 6.92 Å². The molecule has 162 valence electrons. The fourth-order valence-electron chi connectivity index (χ4n) is 3.64. The lowest BCUT2D eigenvalue weighted by Gasteiger charge is -2.30. The largest absolute Gasteiger partial charge is 0.299 e. The van der Waals surface area contributed by atoms with E-state index < -0.39 is 5.04 Å². The maximum atomic E-state index is 11.5. The lowest BCUT2D eigenvalue weighted by atomic mass is 9.80. The molecule has 3 aliphatic carbocycles. The summed E-state index contributed by atoms with van der Waals surface area (Å²) in [5, 5.41) is -0.572. The van der Waals surface area contributed by atoms with Gasteiger partial charge >= 0.3 is 0 Å². The summed E-state index contributed by atoms with van der Waals surface area (Å²) in [5.74, 6) is 0.287. The van der Waals surface area contributed by atoms with E-state index in [-0.39, 0.29) is 52.5 Å². The fourth-order valence-corrected chi connectivity index (χ4v) is 4.39. The minimum Gasteiger partial charge on any atom is -0.299 e. The summed E-state index contributed by atoms with van der Waals surface area (Å²) >= 11 is 0. The Labute approximate surface area is 176 Å². The van der Waals surface area contributed by atoms with Crippen molar-refractivity contribution in [3.8, 4) is 0 Å². The Balaban J connectivity index is 0.000000219. The van der Waals surface area contributed by atoms with Crippen LogP contribution >= 0.6 is 0 Å². The van der Waals surface area contributed by atoms with Crippen molar-refractivity contribution in [2.75, 3.05) is 0 Å². The van der Waals surface area contributed by atoms with Crippen LogP contribution in [-0.2, 0) is 28.8 Å². The summed E-state index contributed by atoms with van der Waals surface area (Å²) in [4.78, 5) is 65.9. The topological polar surface area (TPSA) is 102 Å². The molecule has 0 aromatic carbocycles. The van der Waals surface area contributed by atoms with Gasteiger partial charge in [0.25, 0.3) is 0 Å². The zero-order valence-corrected chi connectivity index (χ0v) is 20.3. The van der Waals surface area contributed by atoms with Crippen LogP contribution in [-0.4, -0.2) is 44.9 Å². The molecule has 0 aromatic heterocycles. The molecule has 6 nitrogen and oxygen atoms in total. The summed E-state index contributed by atoms with van der Waals surface area (Å²) in [7, 11) is 0.667. The summed E-state index contributed by atoms with van der Waals surface area (Å²) in [5.41, 5.74) is 0. The third-order valence-corrected chi connectivity index (χ3v) is 7.24. The number of rotatable bonds is 0. The average molecular weight is 423 g/mol. The Kier molecular flexibility index (Phi) is 9.46. The Morgan fingerprint density at radius 2 is 1.03 bits per heavy atom. The van der Waals surface area contributed by atoms with Crippen molar-refractivity contribution in [1.29, 1.82) is 0 Å². The molecule has 0 amide bonds. The molecule has 2 unspecified atom stereocenters. The van der Waals surface area contributed by atoms with Gasteiger partial charge in [0.05, 0.1) is 16.9 Å². The van der Waals surface area contributed by atoms with Crippen molar-refractivity contribution in [3.63, 3.8) is 0 Å². The highest BCUT2D eigenvalue weighted by atomic mass is 28.1. The van der Waals surface area contributed by atoms with E-state index in [4.69, 9.17) is 0 Å². The van der Waals surface area contributed by atoms with E-state index in [1.165, 1.54) is 0 Å². The lowest BCUT2D eigenvalue weighted by Crippen LogP contribution is -2.38. The molecule has 0 spiro atoms. The number of hydrogen-bond acceptors (Lipinski definition) is 6. The molecule has 7 heteroatoms. The maximum absolute atomic E-state index is 11.5. The van der Waals surface area contributed by atoms with Gasteiger partial charge in [-0.2, -0.15) is 0 Å². The van der Waals surface area contributed by atoms with E-state index in [0.29, 0.717) is 42.3 Å². The highest BCUT2D eigenvalue weighted by Gasteiger charge is 2.41. The van der Waals surface area contributed by atoms with E-state index in [9.17, 15) is 28.8 Å². The molecule has 3 saturated carbocycles. The molecule has 0 saturated heterocycles. The molecule has 3 rings (SSSR count). The zero-order chi connectivity index (χ0) is 22.4. The number of hydrogen-bond donors (Lipinski definition) is 0. The van der Waals surface area contributed by atoms with Gasteiger partial charge in [0, 0.05) is 48.3 Å². The Hall–Kier alpha value is -1.76. The van der Waals surface area contributed by atoms with Gasteiger partial charge in [-0.25, -0.2) is 0 Å². The first-order valence-electron chi connectivity index (χ1n) is 10.6. The first-order chi connectivity index (χ1) is 13.4. The molecule has 29 heavy (non-hydrogen) atoms. The van der Waals surface area contributed by atoms with Crippen LogP contribution in [0.25, 0.3) is 0 Å². The van der Waals surface area contributed by atoms with Crippen LogP contribution in [0.5, 0.6) is 0 Å². The normalized spacial score (nSPS) is 29.2. The third kappa shape index (κ3) is 6.91. The number of Topliss-reactive ketones (excluding diaryl/α,β-unsaturated/α-hetero) is 6. The Morgan fingerprint density at radius 3 is 1.31 bits per heavy atom. The van der Waals surface area contributed by atoms with Crippen molar-refractivity contribution < 1.29 is 28.8 Å². The van der Waals surface area contributed by atoms with Crippen molar-refractivity contribution in [1.82, 2.24) is 0 Å². The molecule has 0 bridgehead atoms. The van der Waals surface area contributed by atoms with Gasteiger partial charge in [-0.3, -0.25) is 28.8 Å². The van der Waals surface area contributed by atoms with Crippen molar-refractivity contribution in [2.45, 2.75) is 84.1 Å². The van der Waals surface area contributed by atoms with Gasteiger partial charge in [0.2, 0.25) is 0 Å². The second-order valence-corrected chi connectivity index (χ2v) is 10.9. The van der Waals surface area contributed by atoms with Crippen LogP contribution < -0.4 is 0 Å². The predicted octanol–water partition coefficient (Wildman–Crippen LogP) is 1.99. The van der Waals surface area contributed by atoms with Crippen LogP contribution in [0.2, 0.25) is 5.04 Å². The van der Waals surface area contributed by atoms with Crippen LogP contribution in [0.3, 0.4) is 0 Å². The Morgan fingerprint density at radius 1 is 0.690 bits per heavy atom. The van der Waals surface area contributed by atoms with Crippen LogP contribution in [0, 0.1) is 17.8 Å². The number of carbonyl (C=O) groups is 6. The van der Waals surface area contributed by atoms with E-state index in [1.54, 1.807) is 20.8 Å². The zero-order valence-electron chi connectivity index (χ0n) is 18.3. The molecule has 2 atom stereocenters. The molecular weight excluding hydrogens is 388 g/mol. The molecular formula is C22H34O6Si. The standard InChI is InChI=1S/C8H14O2Si.2C7H10O2/c1-5-3-4-6(9)8(2,11)7(5)10;2*1-5-6(8)3-2-4-7(5)9/h5H,3-4H2,1-2,11H3;2*5H,2-4H2,1H3. The highest BCUT2D eigenvalue weighted by Crippen LogP contribution is 2.35. The third-order valence-electron chi connectivity index (χ3n) is 6.19. The van der Waals surface area contributed by atoms with E-state index in [0.717, 1.165) is 19.3 Å². The van der Waals surface area contributed by atoms with Gasteiger partial charge in [-0.15, -0.1) is 0 Å². The van der Waals surface area contributed by atoms with Crippen molar-refractivity contribution in [3.05, 3.63) is 0 Å². The number of carbonyl (C=O) groups excluding carboxylic acids is 6. The fraction of sp³-hybridized carbons (Fsp3) is 0.727. The minimum absolute atomic E-state index is 0.107. The second-order valence-electron chi connectivity index (χ2n) is 8.87. The lowest BCUT2D eigenvalue weighted by molar-refractivity contribution is -0.137. The second kappa shape index (κ2) is 10.9. The minimum atomic E-state index is -0.572. The summed E-state index contributed by atoms with van der Waals surface area (Å²) in [6.45, 7) is 7.11. The molecule has 0 radical (unpaired) electrons. The SMILES string of the molecule is CC1C(=O)CCCC1=O.CC1C(=O)CCCC1=O.CC1CCC(=O)C(C)([SiH3])C1=O. The first-order valence-corrected chi connectivity index (χ1v) is 11.6. The first kappa shape index (κ1) is 25.3. The summed E-state index contributed by atoms with van der Waals surface area (Å²) < 4.78 is 0. The van der Waals surface area contributed by atoms with Gasteiger partial charge in [0.1, 0.15) is 34.7 Å². The Bertz CT molecular complexity index is 625. The monoisotopic (exact) mass is 422 g/mol. The predicted molar refractivity (Wildman–Crippen MR) is 113 cm³/mol. The van der Waals surface area contributed by atoms with Crippen molar-refractivity contribution in [2.24, 2.45) is 17.8 Å².